The number of rotatable bonds is 9. The van der Waals surface area contributed by atoms with Crippen molar-refractivity contribution >= 4 is 0 Å². The van der Waals surface area contributed by atoms with E-state index in [9.17, 15) is 0 Å². The van der Waals surface area contributed by atoms with Gasteiger partial charge in [0.2, 0.25) is 0 Å². The molecule has 2 N–H and O–H groups in total. The second-order valence-corrected chi connectivity index (χ2v) is 5.44. The number of aryl methyl sites for hydroxylation is 1. The van der Waals surface area contributed by atoms with E-state index in [2.05, 4.69) is 55.7 Å². The van der Waals surface area contributed by atoms with Gasteiger partial charge in [0, 0.05) is 0 Å². The maximum atomic E-state index is 3.50. The molecule has 0 aliphatic rings. The molecule has 0 atom stereocenters. The Morgan fingerprint density at radius 1 is 0.944 bits per heavy atom. The summed E-state index contributed by atoms with van der Waals surface area (Å²) in [6, 6.07) is 8.82. The molecule has 1 rings (SSSR count). The summed E-state index contributed by atoms with van der Waals surface area (Å²) in [6.45, 7) is 11.1. The number of hydrogen-bond donors (Lipinski definition) is 2. The fourth-order valence-electron chi connectivity index (χ4n) is 1.84. The zero-order chi connectivity index (χ0) is 13.2. The standard InChI is InChI=1S/C16H28N2/c1-14(2)13-18-11-4-10-17-12-9-16-7-5-15(3)6-8-16/h5-8,14,17-18H,4,9-13H2,1-3H3. The minimum Gasteiger partial charge on any atom is -0.316 e. The van der Waals surface area contributed by atoms with Gasteiger partial charge in [-0.2, -0.15) is 0 Å². The van der Waals surface area contributed by atoms with E-state index in [0.29, 0.717) is 0 Å². The summed E-state index contributed by atoms with van der Waals surface area (Å²) in [5.74, 6) is 0.750. The van der Waals surface area contributed by atoms with Crippen molar-refractivity contribution in [3.05, 3.63) is 35.4 Å². The van der Waals surface area contributed by atoms with Gasteiger partial charge in [0.25, 0.3) is 0 Å². The molecule has 0 unspecified atom stereocenters. The highest BCUT2D eigenvalue weighted by atomic mass is 14.9. The van der Waals surface area contributed by atoms with E-state index in [0.717, 1.165) is 38.5 Å². The summed E-state index contributed by atoms with van der Waals surface area (Å²) in [5.41, 5.74) is 2.76. The van der Waals surface area contributed by atoms with Gasteiger partial charge >= 0.3 is 0 Å². The van der Waals surface area contributed by atoms with Crippen LogP contribution in [-0.4, -0.2) is 26.2 Å². The molecule has 2 nitrogen and oxygen atoms in total. The van der Waals surface area contributed by atoms with Crippen molar-refractivity contribution in [2.45, 2.75) is 33.6 Å². The van der Waals surface area contributed by atoms with E-state index in [1.807, 2.05) is 0 Å². The lowest BCUT2D eigenvalue weighted by molar-refractivity contribution is 0.531. The third kappa shape index (κ3) is 7.46. The average Bonchev–Trinajstić information content (AvgIpc) is 2.34. The van der Waals surface area contributed by atoms with E-state index in [-0.39, 0.29) is 0 Å². The molecule has 1 aromatic rings. The predicted octanol–water partition coefficient (Wildman–Crippen LogP) is 2.76. The third-order valence-corrected chi connectivity index (χ3v) is 2.97. The van der Waals surface area contributed by atoms with Crippen LogP contribution in [0.4, 0.5) is 0 Å². The topological polar surface area (TPSA) is 24.1 Å². The van der Waals surface area contributed by atoms with Gasteiger partial charge in [-0.25, -0.2) is 0 Å². The summed E-state index contributed by atoms with van der Waals surface area (Å²) in [5, 5.41) is 6.96. The molecule has 0 saturated heterocycles. The first-order valence-corrected chi connectivity index (χ1v) is 7.15. The lowest BCUT2D eigenvalue weighted by Gasteiger charge is -2.08. The molecule has 0 aromatic heterocycles. The molecule has 0 aliphatic carbocycles. The van der Waals surface area contributed by atoms with Crippen molar-refractivity contribution in [2.75, 3.05) is 26.2 Å². The maximum absolute atomic E-state index is 3.50. The Morgan fingerprint density at radius 2 is 1.61 bits per heavy atom. The van der Waals surface area contributed by atoms with Crippen LogP contribution in [0.2, 0.25) is 0 Å². The lowest BCUT2D eigenvalue weighted by Crippen LogP contribution is -2.25. The van der Waals surface area contributed by atoms with E-state index in [4.69, 9.17) is 0 Å². The lowest BCUT2D eigenvalue weighted by atomic mass is 10.1. The highest BCUT2D eigenvalue weighted by molar-refractivity contribution is 5.21. The van der Waals surface area contributed by atoms with Crippen LogP contribution in [-0.2, 0) is 6.42 Å². The van der Waals surface area contributed by atoms with Crippen LogP contribution in [0.3, 0.4) is 0 Å². The fraction of sp³-hybridized carbons (Fsp3) is 0.625. The SMILES string of the molecule is Cc1ccc(CCNCCCNCC(C)C)cc1. The molecule has 0 heterocycles. The molecule has 0 aliphatic heterocycles. The second-order valence-electron chi connectivity index (χ2n) is 5.44. The quantitative estimate of drug-likeness (QED) is 0.657. The summed E-state index contributed by atoms with van der Waals surface area (Å²) < 4.78 is 0. The maximum Gasteiger partial charge on any atom is -0.000834 e. The number of benzene rings is 1. The number of hydrogen-bond acceptors (Lipinski definition) is 2. The van der Waals surface area contributed by atoms with Gasteiger partial charge in [-0.15, -0.1) is 0 Å². The van der Waals surface area contributed by atoms with Crippen LogP contribution >= 0.6 is 0 Å². The summed E-state index contributed by atoms with van der Waals surface area (Å²) in [7, 11) is 0. The van der Waals surface area contributed by atoms with E-state index in [1.165, 1.54) is 17.5 Å². The molecule has 18 heavy (non-hydrogen) atoms. The Morgan fingerprint density at radius 3 is 2.28 bits per heavy atom. The molecular weight excluding hydrogens is 220 g/mol. The van der Waals surface area contributed by atoms with E-state index >= 15 is 0 Å². The first-order valence-electron chi connectivity index (χ1n) is 7.15. The van der Waals surface area contributed by atoms with Crippen molar-refractivity contribution < 1.29 is 0 Å². The van der Waals surface area contributed by atoms with Gasteiger partial charge in [0.05, 0.1) is 0 Å². The highest BCUT2D eigenvalue weighted by Gasteiger charge is 1.94. The Bertz CT molecular complexity index is 303. The molecule has 0 radical (unpaired) electrons. The first-order chi connectivity index (χ1) is 8.68. The molecule has 0 bridgehead atoms. The van der Waals surface area contributed by atoms with Gasteiger partial charge in [-0.1, -0.05) is 43.7 Å². The normalized spacial score (nSPS) is 11.1. The Balaban J connectivity index is 1.94. The molecule has 1 aromatic carbocycles. The van der Waals surface area contributed by atoms with Gasteiger partial charge in [-0.05, 0) is 57.4 Å². The molecule has 102 valence electrons. The second kappa shape index (κ2) is 9.12. The minimum absolute atomic E-state index is 0.750. The fourth-order valence-corrected chi connectivity index (χ4v) is 1.84. The Labute approximate surface area is 112 Å². The molecule has 0 amide bonds. The van der Waals surface area contributed by atoms with E-state index < -0.39 is 0 Å². The third-order valence-electron chi connectivity index (χ3n) is 2.97. The van der Waals surface area contributed by atoms with Gasteiger partial charge in [0.1, 0.15) is 0 Å². The van der Waals surface area contributed by atoms with E-state index in [1.54, 1.807) is 0 Å². The predicted molar refractivity (Wildman–Crippen MR) is 80.1 cm³/mol. The van der Waals surface area contributed by atoms with Crippen LogP contribution < -0.4 is 10.6 Å². The van der Waals surface area contributed by atoms with Crippen LogP contribution in [0.1, 0.15) is 31.4 Å². The smallest absolute Gasteiger partial charge is 0.000834 e. The minimum atomic E-state index is 0.750. The summed E-state index contributed by atoms with van der Waals surface area (Å²) >= 11 is 0. The summed E-state index contributed by atoms with van der Waals surface area (Å²) in [6.07, 6.45) is 2.33. The Hall–Kier alpha value is -0.860. The van der Waals surface area contributed by atoms with Crippen molar-refractivity contribution in [2.24, 2.45) is 5.92 Å². The first kappa shape index (κ1) is 15.2. The van der Waals surface area contributed by atoms with Crippen LogP contribution in [0.15, 0.2) is 24.3 Å². The molecule has 0 fully saturated rings. The van der Waals surface area contributed by atoms with Crippen molar-refractivity contribution in [3.63, 3.8) is 0 Å². The zero-order valence-electron chi connectivity index (χ0n) is 12.1. The highest BCUT2D eigenvalue weighted by Crippen LogP contribution is 2.02. The summed E-state index contributed by atoms with van der Waals surface area (Å²) in [4.78, 5) is 0. The van der Waals surface area contributed by atoms with Crippen molar-refractivity contribution in [1.82, 2.24) is 10.6 Å². The van der Waals surface area contributed by atoms with Gasteiger partial charge in [0.15, 0.2) is 0 Å². The molecule has 0 saturated carbocycles. The largest absolute Gasteiger partial charge is 0.316 e. The molecule has 0 spiro atoms. The number of nitrogens with one attached hydrogen (secondary N) is 2. The van der Waals surface area contributed by atoms with Crippen LogP contribution in [0.5, 0.6) is 0 Å². The zero-order valence-corrected chi connectivity index (χ0v) is 12.1. The molecular formula is C16H28N2. The van der Waals surface area contributed by atoms with Crippen molar-refractivity contribution in [1.29, 1.82) is 0 Å². The van der Waals surface area contributed by atoms with Gasteiger partial charge < -0.3 is 10.6 Å². The molecule has 2 heteroatoms. The average molecular weight is 248 g/mol. The van der Waals surface area contributed by atoms with Crippen LogP contribution in [0, 0.1) is 12.8 Å². The van der Waals surface area contributed by atoms with Gasteiger partial charge in [-0.3, -0.25) is 0 Å². The van der Waals surface area contributed by atoms with Crippen LogP contribution in [0.25, 0.3) is 0 Å². The van der Waals surface area contributed by atoms with Crippen molar-refractivity contribution in [3.8, 4) is 0 Å². The Kier molecular flexibility index (Phi) is 7.70. The monoisotopic (exact) mass is 248 g/mol.